The van der Waals surface area contributed by atoms with Crippen LogP contribution in [0.4, 0.5) is 0 Å². The first-order valence-electron chi connectivity index (χ1n) is 4.53. The van der Waals surface area contributed by atoms with Gasteiger partial charge in [-0.05, 0) is 22.0 Å². The Morgan fingerprint density at radius 2 is 2.29 bits per heavy atom. The van der Waals surface area contributed by atoms with E-state index in [4.69, 9.17) is 26.2 Å². The van der Waals surface area contributed by atoms with Gasteiger partial charge in [-0.25, -0.2) is 4.79 Å². The topological polar surface area (TPSA) is 55.8 Å². The van der Waals surface area contributed by atoms with Crippen LogP contribution in [-0.2, 0) is 0 Å². The molecule has 0 saturated heterocycles. The molecule has 0 atom stereocenters. The number of benzene rings is 1. The highest BCUT2D eigenvalue weighted by Gasteiger charge is 2.26. The Morgan fingerprint density at radius 1 is 1.53 bits per heavy atom. The summed E-state index contributed by atoms with van der Waals surface area (Å²) in [7, 11) is 0. The monoisotopic (exact) mass is 334 g/mol. The van der Waals surface area contributed by atoms with Gasteiger partial charge < -0.3 is 14.6 Å². The van der Waals surface area contributed by atoms with Crippen LogP contribution in [0.2, 0.25) is 5.02 Å². The van der Waals surface area contributed by atoms with Crippen molar-refractivity contribution in [2.24, 2.45) is 0 Å². The van der Waals surface area contributed by atoms with Crippen LogP contribution in [0.1, 0.15) is 9.67 Å². The molecule has 17 heavy (non-hydrogen) atoms. The largest absolute Gasteiger partial charge is 0.477 e. The summed E-state index contributed by atoms with van der Waals surface area (Å²) < 4.78 is 12.0. The number of hydrogen-bond donors (Lipinski definition) is 1. The van der Waals surface area contributed by atoms with Gasteiger partial charge in [0.05, 0.1) is 9.72 Å². The van der Waals surface area contributed by atoms with E-state index in [-0.39, 0.29) is 16.7 Å². The lowest BCUT2D eigenvalue weighted by Gasteiger charge is -2.00. The summed E-state index contributed by atoms with van der Waals surface area (Å²) in [5.74, 6) is 0.109. The molecule has 0 unspecified atom stereocenters. The van der Waals surface area contributed by atoms with Crippen molar-refractivity contribution >= 4 is 54.9 Å². The number of ether oxygens (including phenoxy) is 2. The molecule has 0 fully saturated rings. The number of carboxylic acid groups (broad SMARTS) is 1. The molecule has 1 aliphatic heterocycles. The van der Waals surface area contributed by atoms with E-state index in [2.05, 4.69) is 15.9 Å². The van der Waals surface area contributed by atoms with Crippen molar-refractivity contribution in [2.75, 3.05) is 6.79 Å². The lowest BCUT2D eigenvalue weighted by Crippen LogP contribution is -1.93. The Bertz CT molecular complexity index is 652. The average Bonchev–Trinajstić information content (AvgIpc) is 2.82. The van der Waals surface area contributed by atoms with Crippen LogP contribution < -0.4 is 9.47 Å². The van der Waals surface area contributed by atoms with E-state index in [1.807, 2.05) is 0 Å². The summed E-state index contributed by atoms with van der Waals surface area (Å²) in [6.45, 7) is 0.138. The van der Waals surface area contributed by atoms with E-state index in [9.17, 15) is 4.79 Å². The van der Waals surface area contributed by atoms with Crippen molar-refractivity contribution in [2.45, 2.75) is 0 Å². The third-order valence-electron chi connectivity index (χ3n) is 2.39. The van der Waals surface area contributed by atoms with Gasteiger partial charge in [-0.1, -0.05) is 11.6 Å². The van der Waals surface area contributed by atoms with Crippen LogP contribution >= 0.6 is 38.9 Å². The molecule has 1 aromatic carbocycles. The smallest absolute Gasteiger partial charge is 0.347 e. The number of halogens is 2. The first kappa shape index (κ1) is 11.1. The third-order valence-corrected chi connectivity index (χ3v) is 4.68. The van der Waals surface area contributed by atoms with Crippen LogP contribution in [0.3, 0.4) is 0 Å². The highest BCUT2D eigenvalue weighted by atomic mass is 79.9. The number of carbonyl (C=O) groups is 1. The number of hydrogen-bond acceptors (Lipinski definition) is 4. The van der Waals surface area contributed by atoms with Gasteiger partial charge in [0.15, 0.2) is 11.5 Å². The maximum atomic E-state index is 11.0. The van der Waals surface area contributed by atoms with Gasteiger partial charge in [-0.2, -0.15) is 0 Å². The molecule has 0 amide bonds. The van der Waals surface area contributed by atoms with Crippen molar-refractivity contribution in [3.05, 3.63) is 20.4 Å². The SMILES string of the molecule is O=C(O)c1sc2c3c(cc(Br)c2c1Cl)OCO3. The third kappa shape index (κ3) is 1.51. The van der Waals surface area contributed by atoms with Crippen molar-refractivity contribution in [3.8, 4) is 11.5 Å². The second-order valence-electron chi connectivity index (χ2n) is 3.35. The summed E-state index contributed by atoms with van der Waals surface area (Å²) in [4.78, 5) is 11.1. The Morgan fingerprint density at radius 3 is 3.00 bits per heavy atom. The molecule has 3 rings (SSSR count). The highest BCUT2D eigenvalue weighted by molar-refractivity contribution is 9.10. The van der Waals surface area contributed by atoms with Gasteiger partial charge in [0.25, 0.3) is 0 Å². The molecule has 2 aromatic rings. The molecule has 88 valence electrons. The van der Waals surface area contributed by atoms with Gasteiger partial charge in [0, 0.05) is 9.86 Å². The normalized spacial score (nSPS) is 13.3. The van der Waals surface area contributed by atoms with Crippen LogP contribution in [0.15, 0.2) is 10.5 Å². The molecular weight excluding hydrogens is 332 g/mol. The van der Waals surface area contributed by atoms with Crippen LogP contribution in [0.5, 0.6) is 11.5 Å². The maximum Gasteiger partial charge on any atom is 0.347 e. The zero-order valence-corrected chi connectivity index (χ0v) is 11.3. The van der Waals surface area contributed by atoms with Crippen molar-refractivity contribution in [1.82, 2.24) is 0 Å². The Hall–Kier alpha value is -0.980. The molecule has 0 saturated carbocycles. The van der Waals surface area contributed by atoms with E-state index in [0.29, 0.717) is 26.1 Å². The van der Waals surface area contributed by atoms with E-state index >= 15 is 0 Å². The number of fused-ring (bicyclic) bond motifs is 3. The lowest BCUT2D eigenvalue weighted by atomic mass is 10.2. The minimum atomic E-state index is -1.05. The predicted molar refractivity (Wildman–Crippen MR) is 67.6 cm³/mol. The molecule has 0 radical (unpaired) electrons. The molecule has 1 aromatic heterocycles. The van der Waals surface area contributed by atoms with Crippen LogP contribution in [0.25, 0.3) is 10.1 Å². The molecule has 0 aliphatic carbocycles. The van der Waals surface area contributed by atoms with Gasteiger partial charge in [0.1, 0.15) is 4.88 Å². The van der Waals surface area contributed by atoms with Crippen LogP contribution in [-0.4, -0.2) is 17.9 Å². The van der Waals surface area contributed by atoms with E-state index in [0.717, 1.165) is 11.3 Å². The van der Waals surface area contributed by atoms with E-state index in [1.165, 1.54) is 0 Å². The number of aromatic carboxylic acids is 1. The summed E-state index contributed by atoms with van der Waals surface area (Å²) in [6, 6.07) is 1.73. The van der Waals surface area contributed by atoms with Crippen LogP contribution in [0, 0.1) is 0 Å². The number of thiophene rings is 1. The van der Waals surface area contributed by atoms with Gasteiger partial charge in [0.2, 0.25) is 6.79 Å². The van der Waals surface area contributed by atoms with Crippen molar-refractivity contribution < 1.29 is 19.4 Å². The average molecular weight is 336 g/mol. The van der Waals surface area contributed by atoms with Crippen molar-refractivity contribution in [3.63, 3.8) is 0 Å². The first-order valence-corrected chi connectivity index (χ1v) is 6.51. The molecule has 0 bridgehead atoms. The quantitative estimate of drug-likeness (QED) is 0.862. The van der Waals surface area contributed by atoms with Gasteiger partial charge in [-0.15, -0.1) is 11.3 Å². The molecule has 1 aliphatic rings. The fourth-order valence-electron chi connectivity index (χ4n) is 1.68. The summed E-state index contributed by atoms with van der Waals surface area (Å²) in [5, 5.41) is 9.92. The summed E-state index contributed by atoms with van der Waals surface area (Å²) in [6.07, 6.45) is 0. The summed E-state index contributed by atoms with van der Waals surface area (Å²) >= 11 is 10.5. The minimum absolute atomic E-state index is 0.103. The molecule has 0 spiro atoms. The van der Waals surface area contributed by atoms with E-state index < -0.39 is 5.97 Å². The zero-order chi connectivity index (χ0) is 12.2. The highest BCUT2D eigenvalue weighted by Crippen LogP contribution is 2.50. The Labute approximate surface area is 113 Å². The fraction of sp³-hybridized carbons (Fsp3) is 0.100. The molecule has 1 N–H and O–H groups in total. The Kier molecular flexibility index (Phi) is 2.46. The number of rotatable bonds is 1. The molecule has 4 nitrogen and oxygen atoms in total. The van der Waals surface area contributed by atoms with Gasteiger partial charge >= 0.3 is 5.97 Å². The molecular formula is C10H4BrClO4S. The lowest BCUT2D eigenvalue weighted by molar-refractivity contribution is 0.0702. The van der Waals surface area contributed by atoms with E-state index in [1.54, 1.807) is 6.07 Å². The second-order valence-corrected chi connectivity index (χ2v) is 5.60. The number of carboxylic acids is 1. The zero-order valence-electron chi connectivity index (χ0n) is 8.12. The minimum Gasteiger partial charge on any atom is -0.477 e. The molecule has 7 heteroatoms. The second kappa shape index (κ2) is 3.76. The maximum absolute atomic E-state index is 11.0. The Balaban J connectivity index is 2.44. The predicted octanol–water partition coefficient (Wildman–Crippen LogP) is 3.74. The van der Waals surface area contributed by atoms with Crippen molar-refractivity contribution in [1.29, 1.82) is 0 Å². The molecule has 2 heterocycles. The fourth-order valence-corrected chi connectivity index (χ4v) is 4.03. The first-order chi connectivity index (χ1) is 8.09. The standard InChI is InChI=1S/C10H4BrClO4S/c11-3-1-4-7(16-2-15-4)8-5(3)6(12)9(17-8)10(13)14/h1H,2H2,(H,13,14). The van der Waals surface area contributed by atoms with Gasteiger partial charge in [-0.3, -0.25) is 0 Å². The summed E-state index contributed by atoms with van der Waals surface area (Å²) in [5.41, 5.74) is 0.